The minimum Gasteiger partial charge on any atom is -0.460 e. The minimum atomic E-state index is -0.348. The molecule has 0 aromatic heterocycles. The fraction of sp³-hybridized carbons (Fsp3) is 0.500. The molecule has 1 unspecified atom stereocenters. The average molecular weight is 446 g/mol. The van der Waals surface area contributed by atoms with Crippen molar-refractivity contribution in [2.45, 2.75) is 25.4 Å². The lowest BCUT2D eigenvalue weighted by molar-refractivity contribution is -0.149. The van der Waals surface area contributed by atoms with Crippen molar-refractivity contribution in [2.75, 3.05) is 19.6 Å². The van der Waals surface area contributed by atoms with Gasteiger partial charge in [0.05, 0.1) is 17.5 Å². The van der Waals surface area contributed by atoms with Gasteiger partial charge in [-0.1, -0.05) is 15.9 Å². The van der Waals surface area contributed by atoms with E-state index in [0.29, 0.717) is 18.5 Å². The SMILES string of the molecule is O=C(NCC1CC2(CCNCC2)C(=O)O1)c1ccc(Br)cc1Br. The van der Waals surface area contributed by atoms with Crippen LogP contribution in [0.5, 0.6) is 0 Å². The number of rotatable bonds is 3. The Hall–Kier alpha value is -0.920. The van der Waals surface area contributed by atoms with Crippen molar-refractivity contribution in [1.29, 1.82) is 0 Å². The zero-order valence-corrected chi connectivity index (χ0v) is 15.7. The molecule has 1 aromatic carbocycles. The minimum absolute atomic E-state index is 0.108. The van der Waals surface area contributed by atoms with E-state index in [4.69, 9.17) is 4.74 Å². The molecule has 2 N–H and O–H groups in total. The van der Waals surface area contributed by atoms with Gasteiger partial charge >= 0.3 is 5.97 Å². The summed E-state index contributed by atoms with van der Waals surface area (Å²) in [4.78, 5) is 24.5. The first-order valence-electron chi connectivity index (χ1n) is 7.65. The van der Waals surface area contributed by atoms with E-state index in [0.717, 1.165) is 34.9 Å². The van der Waals surface area contributed by atoms with Crippen LogP contribution in [0.4, 0.5) is 0 Å². The maximum absolute atomic E-state index is 12.3. The first-order chi connectivity index (χ1) is 11.0. The smallest absolute Gasteiger partial charge is 0.312 e. The molecule has 2 fully saturated rings. The summed E-state index contributed by atoms with van der Waals surface area (Å²) in [6.45, 7) is 2.04. The highest BCUT2D eigenvalue weighted by atomic mass is 79.9. The van der Waals surface area contributed by atoms with Crippen molar-refractivity contribution in [3.63, 3.8) is 0 Å². The standard InChI is InChI=1S/C16H18Br2N2O3/c17-10-1-2-12(13(18)7-10)14(21)20-9-11-8-16(15(22)23-11)3-5-19-6-4-16/h1-2,7,11,19H,3-6,8-9H2,(H,20,21). The second kappa shape index (κ2) is 6.91. The van der Waals surface area contributed by atoms with Crippen molar-refractivity contribution < 1.29 is 14.3 Å². The quantitative estimate of drug-likeness (QED) is 0.702. The monoisotopic (exact) mass is 444 g/mol. The van der Waals surface area contributed by atoms with E-state index in [1.54, 1.807) is 6.07 Å². The number of amides is 1. The number of cyclic esters (lactones) is 1. The summed E-state index contributed by atoms with van der Waals surface area (Å²) in [5, 5.41) is 6.13. The molecule has 124 valence electrons. The van der Waals surface area contributed by atoms with E-state index < -0.39 is 0 Å². The van der Waals surface area contributed by atoms with Gasteiger partial charge in [0.2, 0.25) is 0 Å². The predicted octanol–water partition coefficient (Wildman–Crippen LogP) is 2.63. The van der Waals surface area contributed by atoms with Crippen molar-refractivity contribution in [3.05, 3.63) is 32.7 Å². The van der Waals surface area contributed by atoms with Gasteiger partial charge in [0.1, 0.15) is 6.10 Å². The lowest BCUT2D eigenvalue weighted by Crippen LogP contribution is -2.39. The Bertz CT molecular complexity index is 630. The molecule has 1 spiro atoms. The normalized spacial score (nSPS) is 22.9. The molecule has 3 rings (SSSR count). The van der Waals surface area contributed by atoms with E-state index in [1.807, 2.05) is 12.1 Å². The van der Waals surface area contributed by atoms with Crippen LogP contribution >= 0.6 is 31.9 Å². The van der Waals surface area contributed by atoms with Crippen LogP contribution in [0.3, 0.4) is 0 Å². The first-order valence-corrected chi connectivity index (χ1v) is 9.24. The zero-order chi connectivity index (χ0) is 16.4. The number of hydrogen-bond acceptors (Lipinski definition) is 4. The molecule has 23 heavy (non-hydrogen) atoms. The van der Waals surface area contributed by atoms with Gasteiger partial charge in [0.25, 0.3) is 5.91 Å². The number of ether oxygens (including phenoxy) is 1. The molecule has 0 aliphatic carbocycles. The molecule has 2 saturated heterocycles. The number of hydrogen-bond donors (Lipinski definition) is 2. The average Bonchev–Trinajstić information content (AvgIpc) is 2.81. The van der Waals surface area contributed by atoms with Crippen molar-refractivity contribution in [1.82, 2.24) is 10.6 Å². The summed E-state index contributed by atoms with van der Waals surface area (Å²) >= 11 is 6.75. The number of piperidine rings is 1. The summed E-state index contributed by atoms with van der Waals surface area (Å²) < 4.78 is 7.12. The summed E-state index contributed by atoms with van der Waals surface area (Å²) in [6.07, 6.45) is 2.08. The van der Waals surface area contributed by atoms with E-state index in [2.05, 4.69) is 42.5 Å². The Morgan fingerprint density at radius 3 is 2.78 bits per heavy atom. The molecule has 2 aliphatic rings. The first kappa shape index (κ1) is 16.9. The van der Waals surface area contributed by atoms with Crippen LogP contribution in [-0.4, -0.2) is 37.6 Å². The predicted molar refractivity (Wildman–Crippen MR) is 93.2 cm³/mol. The van der Waals surface area contributed by atoms with Gasteiger partial charge in [-0.2, -0.15) is 0 Å². The zero-order valence-electron chi connectivity index (χ0n) is 12.5. The van der Waals surface area contributed by atoms with Crippen molar-refractivity contribution >= 4 is 43.7 Å². The highest BCUT2D eigenvalue weighted by Crippen LogP contribution is 2.41. The van der Waals surface area contributed by atoms with Crippen molar-refractivity contribution in [3.8, 4) is 0 Å². The molecule has 7 heteroatoms. The number of halogens is 2. The lowest BCUT2D eigenvalue weighted by Gasteiger charge is -2.29. The maximum Gasteiger partial charge on any atom is 0.312 e. The lowest BCUT2D eigenvalue weighted by atomic mass is 9.76. The van der Waals surface area contributed by atoms with Gasteiger partial charge in [-0.25, -0.2) is 0 Å². The Morgan fingerprint density at radius 1 is 1.35 bits per heavy atom. The van der Waals surface area contributed by atoms with Crippen LogP contribution in [-0.2, 0) is 9.53 Å². The Balaban J connectivity index is 1.58. The molecule has 0 bridgehead atoms. The third-order valence-electron chi connectivity index (χ3n) is 4.55. The molecular formula is C16H18Br2N2O3. The Kier molecular flexibility index (Phi) is 5.08. The van der Waals surface area contributed by atoms with E-state index in [-0.39, 0.29) is 23.4 Å². The second-order valence-electron chi connectivity index (χ2n) is 6.10. The Labute approximate surface area is 151 Å². The molecule has 1 aromatic rings. The van der Waals surface area contributed by atoms with E-state index >= 15 is 0 Å². The highest BCUT2D eigenvalue weighted by Gasteiger charge is 2.49. The van der Waals surface area contributed by atoms with E-state index in [1.165, 1.54) is 0 Å². The fourth-order valence-electron chi connectivity index (χ4n) is 3.24. The molecule has 2 heterocycles. The summed E-state index contributed by atoms with van der Waals surface area (Å²) in [5.74, 6) is -0.283. The molecule has 0 saturated carbocycles. The van der Waals surface area contributed by atoms with Crippen LogP contribution < -0.4 is 10.6 Å². The van der Waals surface area contributed by atoms with Crippen LogP contribution in [0.25, 0.3) is 0 Å². The third kappa shape index (κ3) is 3.61. The largest absolute Gasteiger partial charge is 0.460 e. The second-order valence-corrected chi connectivity index (χ2v) is 7.87. The molecule has 5 nitrogen and oxygen atoms in total. The highest BCUT2D eigenvalue weighted by molar-refractivity contribution is 9.11. The van der Waals surface area contributed by atoms with Crippen LogP contribution in [0.1, 0.15) is 29.6 Å². The van der Waals surface area contributed by atoms with Crippen molar-refractivity contribution in [2.24, 2.45) is 5.41 Å². The van der Waals surface area contributed by atoms with Gasteiger partial charge in [-0.3, -0.25) is 9.59 Å². The fourth-order valence-corrected chi connectivity index (χ4v) is 4.47. The van der Waals surface area contributed by atoms with Gasteiger partial charge < -0.3 is 15.4 Å². The number of carbonyl (C=O) groups excluding carboxylic acids is 2. The van der Waals surface area contributed by atoms with Crippen LogP contribution in [0.2, 0.25) is 0 Å². The van der Waals surface area contributed by atoms with Gasteiger partial charge in [-0.15, -0.1) is 0 Å². The van der Waals surface area contributed by atoms with Crippen LogP contribution in [0.15, 0.2) is 27.1 Å². The molecule has 0 radical (unpaired) electrons. The summed E-state index contributed by atoms with van der Waals surface area (Å²) in [7, 11) is 0. The molecule has 1 amide bonds. The van der Waals surface area contributed by atoms with Gasteiger partial charge in [-0.05, 0) is 60.1 Å². The number of esters is 1. The van der Waals surface area contributed by atoms with Gasteiger partial charge in [0.15, 0.2) is 0 Å². The van der Waals surface area contributed by atoms with E-state index in [9.17, 15) is 9.59 Å². The number of nitrogens with one attached hydrogen (secondary N) is 2. The molecule has 1 atom stereocenters. The third-order valence-corrected chi connectivity index (χ3v) is 5.70. The molecule has 2 aliphatic heterocycles. The molecular weight excluding hydrogens is 428 g/mol. The summed E-state index contributed by atoms with van der Waals surface area (Å²) in [5.41, 5.74) is 0.216. The topological polar surface area (TPSA) is 67.4 Å². The summed E-state index contributed by atoms with van der Waals surface area (Å²) in [6, 6.07) is 5.40. The number of carbonyl (C=O) groups is 2. The Morgan fingerprint density at radius 2 is 2.09 bits per heavy atom. The van der Waals surface area contributed by atoms with Crippen LogP contribution in [0, 0.1) is 5.41 Å². The van der Waals surface area contributed by atoms with Gasteiger partial charge in [0, 0.05) is 15.4 Å². The number of benzene rings is 1. The maximum atomic E-state index is 12.3.